The summed E-state index contributed by atoms with van der Waals surface area (Å²) in [5, 5.41) is 0.502. The van der Waals surface area contributed by atoms with Crippen molar-refractivity contribution in [2.24, 2.45) is 5.92 Å². The van der Waals surface area contributed by atoms with Crippen LogP contribution in [0, 0.1) is 5.92 Å². The van der Waals surface area contributed by atoms with Crippen LogP contribution < -0.4 is 0 Å². The maximum Gasteiger partial charge on any atom is 0.159 e. The molecular formula is C13H19ClN2O. The molecule has 1 aromatic heterocycles. The van der Waals surface area contributed by atoms with E-state index in [2.05, 4.69) is 30.7 Å². The number of nitrogens with zero attached hydrogens (tertiary/aromatic N) is 2. The summed E-state index contributed by atoms with van der Waals surface area (Å²) >= 11 is 6.08. The van der Waals surface area contributed by atoms with Gasteiger partial charge in [0.1, 0.15) is 11.3 Å². The topological polar surface area (TPSA) is 35.0 Å². The van der Waals surface area contributed by atoms with E-state index in [1.165, 1.54) is 12.8 Å². The van der Waals surface area contributed by atoms with Gasteiger partial charge in [-0.15, -0.1) is 0 Å². The number of hydrogen-bond donors (Lipinski definition) is 0. The molecule has 1 saturated carbocycles. The molecule has 0 aliphatic heterocycles. The van der Waals surface area contributed by atoms with Gasteiger partial charge < -0.3 is 4.74 Å². The first-order valence-corrected chi connectivity index (χ1v) is 6.37. The van der Waals surface area contributed by atoms with E-state index in [9.17, 15) is 0 Å². The first-order valence-electron chi connectivity index (χ1n) is 5.99. The summed E-state index contributed by atoms with van der Waals surface area (Å²) in [6, 6.07) is 1.84. The molecule has 1 aliphatic carbocycles. The van der Waals surface area contributed by atoms with Gasteiger partial charge in [0.05, 0.1) is 5.69 Å². The highest BCUT2D eigenvalue weighted by Crippen LogP contribution is 2.42. The van der Waals surface area contributed by atoms with E-state index in [1.807, 2.05) is 6.07 Å². The molecule has 0 amide bonds. The summed E-state index contributed by atoms with van der Waals surface area (Å²) in [6.07, 6.45) is 2.38. The lowest BCUT2D eigenvalue weighted by Crippen LogP contribution is -2.18. The van der Waals surface area contributed by atoms with E-state index in [4.69, 9.17) is 16.3 Å². The Labute approximate surface area is 108 Å². The van der Waals surface area contributed by atoms with Crippen LogP contribution in [0.25, 0.3) is 0 Å². The third kappa shape index (κ3) is 2.96. The van der Waals surface area contributed by atoms with Crippen LogP contribution in [-0.2, 0) is 10.2 Å². The molecule has 0 N–H and O–H groups in total. The second-order valence-electron chi connectivity index (χ2n) is 5.68. The second-order valence-corrected chi connectivity index (χ2v) is 6.07. The van der Waals surface area contributed by atoms with Crippen LogP contribution in [0.2, 0.25) is 5.15 Å². The zero-order chi connectivity index (χ0) is 12.6. The zero-order valence-electron chi connectivity index (χ0n) is 10.8. The molecule has 0 radical (unpaired) electrons. The Morgan fingerprint density at radius 2 is 2.00 bits per heavy atom. The van der Waals surface area contributed by atoms with E-state index < -0.39 is 0 Å². The minimum Gasteiger partial charge on any atom is -0.373 e. The molecule has 0 saturated heterocycles. The van der Waals surface area contributed by atoms with Crippen LogP contribution in [0.3, 0.4) is 0 Å². The van der Waals surface area contributed by atoms with E-state index in [0.717, 1.165) is 11.5 Å². The van der Waals surface area contributed by atoms with Crippen LogP contribution in [0.1, 0.15) is 51.2 Å². The van der Waals surface area contributed by atoms with E-state index >= 15 is 0 Å². The Kier molecular flexibility index (Phi) is 3.41. The minimum atomic E-state index is -0.0246. The van der Waals surface area contributed by atoms with Crippen molar-refractivity contribution in [2.75, 3.05) is 7.11 Å². The fourth-order valence-corrected chi connectivity index (χ4v) is 2.04. The fourth-order valence-electron chi connectivity index (χ4n) is 1.85. The summed E-state index contributed by atoms with van der Waals surface area (Å²) in [7, 11) is 1.71. The minimum absolute atomic E-state index is 0.00481. The first kappa shape index (κ1) is 12.8. The summed E-state index contributed by atoms with van der Waals surface area (Å²) in [4.78, 5) is 8.93. The Hall–Kier alpha value is -0.670. The van der Waals surface area contributed by atoms with E-state index in [-0.39, 0.29) is 11.5 Å². The number of halogens is 1. The molecule has 1 unspecified atom stereocenters. The third-order valence-corrected chi connectivity index (χ3v) is 3.23. The van der Waals surface area contributed by atoms with Gasteiger partial charge in [-0.05, 0) is 24.8 Å². The average molecular weight is 255 g/mol. The summed E-state index contributed by atoms with van der Waals surface area (Å²) < 4.78 is 5.50. The molecule has 1 aliphatic rings. The largest absolute Gasteiger partial charge is 0.373 e. The van der Waals surface area contributed by atoms with Gasteiger partial charge in [0.25, 0.3) is 0 Å². The fraction of sp³-hybridized carbons (Fsp3) is 0.692. The predicted octanol–water partition coefficient (Wildman–Crippen LogP) is 3.53. The Morgan fingerprint density at radius 1 is 1.35 bits per heavy atom. The number of methoxy groups -OCH3 is 1. The van der Waals surface area contributed by atoms with Crippen molar-refractivity contribution < 1.29 is 4.74 Å². The van der Waals surface area contributed by atoms with Crippen molar-refractivity contribution in [1.29, 1.82) is 0 Å². The van der Waals surface area contributed by atoms with E-state index in [1.54, 1.807) is 7.11 Å². The lowest BCUT2D eigenvalue weighted by atomic mass is 9.92. The van der Waals surface area contributed by atoms with Gasteiger partial charge in [0.15, 0.2) is 5.82 Å². The molecule has 0 spiro atoms. The highest BCUT2D eigenvalue weighted by atomic mass is 35.5. The number of hydrogen-bond acceptors (Lipinski definition) is 3. The standard InChI is InChI=1S/C13H19ClN2O/c1-13(2,3)9-7-10(14)16-12(15-9)11(17-4)8-5-6-8/h7-8,11H,5-6H2,1-4H3. The van der Waals surface area contributed by atoms with Crippen molar-refractivity contribution in [3.8, 4) is 0 Å². The normalized spacial score (nSPS) is 18.2. The molecule has 4 heteroatoms. The number of rotatable bonds is 3. The lowest BCUT2D eigenvalue weighted by molar-refractivity contribution is 0.0768. The molecule has 2 rings (SSSR count). The summed E-state index contributed by atoms with van der Waals surface area (Å²) in [5.74, 6) is 1.29. The van der Waals surface area contributed by atoms with Crippen LogP contribution in [0.5, 0.6) is 0 Å². The molecule has 94 valence electrons. The molecular weight excluding hydrogens is 236 g/mol. The van der Waals surface area contributed by atoms with Crippen LogP contribution in [0.15, 0.2) is 6.07 Å². The summed E-state index contributed by atoms with van der Waals surface area (Å²) in [5.41, 5.74) is 0.943. The SMILES string of the molecule is COC(c1nc(Cl)cc(C(C)(C)C)n1)C1CC1. The quantitative estimate of drug-likeness (QED) is 0.774. The third-order valence-electron chi connectivity index (χ3n) is 3.04. The van der Waals surface area contributed by atoms with Crippen molar-refractivity contribution in [1.82, 2.24) is 9.97 Å². The molecule has 1 aromatic rings. The van der Waals surface area contributed by atoms with Crippen molar-refractivity contribution in [2.45, 2.75) is 45.1 Å². The molecule has 1 heterocycles. The maximum atomic E-state index is 6.08. The van der Waals surface area contributed by atoms with E-state index in [0.29, 0.717) is 11.1 Å². The Morgan fingerprint density at radius 3 is 2.47 bits per heavy atom. The lowest BCUT2D eigenvalue weighted by Gasteiger charge is -2.20. The van der Waals surface area contributed by atoms with Gasteiger partial charge >= 0.3 is 0 Å². The smallest absolute Gasteiger partial charge is 0.159 e. The first-order chi connectivity index (χ1) is 7.91. The average Bonchev–Trinajstić information content (AvgIpc) is 3.01. The van der Waals surface area contributed by atoms with Gasteiger partial charge in [-0.3, -0.25) is 0 Å². The highest BCUT2D eigenvalue weighted by Gasteiger charge is 2.35. The monoisotopic (exact) mass is 254 g/mol. The van der Waals surface area contributed by atoms with Crippen LogP contribution >= 0.6 is 11.6 Å². The molecule has 1 atom stereocenters. The Bertz CT molecular complexity index is 410. The van der Waals surface area contributed by atoms with Crippen LogP contribution in [0.4, 0.5) is 0 Å². The highest BCUT2D eigenvalue weighted by molar-refractivity contribution is 6.29. The molecule has 0 bridgehead atoms. The molecule has 17 heavy (non-hydrogen) atoms. The van der Waals surface area contributed by atoms with Gasteiger partial charge in [-0.25, -0.2) is 9.97 Å². The second kappa shape index (κ2) is 4.54. The summed E-state index contributed by atoms with van der Waals surface area (Å²) in [6.45, 7) is 6.36. The van der Waals surface area contributed by atoms with Crippen LogP contribution in [-0.4, -0.2) is 17.1 Å². The number of ether oxygens (including phenoxy) is 1. The predicted molar refractivity (Wildman–Crippen MR) is 68.2 cm³/mol. The Balaban J connectivity index is 2.36. The number of aromatic nitrogens is 2. The van der Waals surface area contributed by atoms with Crippen molar-refractivity contribution in [3.05, 3.63) is 22.7 Å². The van der Waals surface area contributed by atoms with Gasteiger partial charge in [-0.2, -0.15) is 0 Å². The zero-order valence-corrected chi connectivity index (χ0v) is 11.6. The van der Waals surface area contributed by atoms with Crippen molar-refractivity contribution in [3.63, 3.8) is 0 Å². The van der Waals surface area contributed by atoms with Crippen molar-refractivity contribution >= 4 is 11.6 Å². The maximum absolute atomic E-state index is 6.08. The molecule has 1 fully saturated rings. The molecule has 3 nitrogen and oxygen atoms in total. The molecule has 0 aromatic carbocycles. The van der Waals surface area contributed by atoms with Gasteiger partial charge in [0.2, 0.25) is 0 Å². The van der Waals surface area contributed by atoms with Gasteiger partial charge in [0, 0.05) is 12.5 Å². The van der Waals surface area contributed by atoms with Gasteiger partial charge in [-0.1, -0.05) is 32.4 Å².